The van der Waals surface area contributed by atoms with Crippen molar-refractivity contribution < 1.29 is 9.13 Å². The Balaban J connectivity index is 3.09. The number of hydrogen-bond donors (Lipinski definition) is 1. The van der Waals surface area contributed by atoms with Crippen LogP contribution in [0.5, 0.6) is 5.75 Å². The first-order chi connectivity index (χ1) is 6.69. The summed E-state index contributed by atoms with van der Waals surface area (Å²) in [5.74, 6) is -0.409. The van der Waals surface area contributed by atoms with Gasteiger partial charge >= 0.3 is 0 Å². The molecule has 4 heteroatoms. The zero-order chi connectivity index (χ0) is 10.6. The van der Waals surface area contributed by atoms with Crippen molar-refractivity contribution in [1.29, 1.82) is 0 Å². The van der Waals surface area contributed by atoms with E-state index in [1.807, 2.05) is 0 Å². The molecular formula is C10H11ClFNO. The minimum absolute atomic E-state index is 0.0426. The Labute approximate surface area is 87.1 Å². The highest BCUT2D eigenvalue weighted by atomic mass is 35.5. The molecule has 14 heavy (non-hydrogen) atoms. The number of ether oxygens (including phenoxy) is 1. The third-order valence-electron chi connectivity index (χ3n) is 1.68. The highest BCUT2D eigenvalue weighted by molar-refractivity contribution is 6.31. The van der Waals surface area contributed by atoms with Gasteiger partial charge in [0.2, 0.25) is 0 Å². The molecule has 0 saturated heterocycles. The third-order valence-corrected chi connectivity index (χ3v) is 1.96. The van der Waals surface area contributed by atoms with Gasteiger partial charge in [-0.2, -0.15) is 0 Å². The maximum atomic E-state index is 13.2. The number of methoxy groups -OCH3 is 1. The van der Waals surface area contributed by atoms with Gasteiger partial charge in [0, 0.05) is 6.54 Å². The summed E-state index contributed by atoms with van der Waals surface area (Å²) in [6.45, 7) is 0.428. The van der Waals surface area contributed by atoms with Crippen LogP contribution >= 0.6 is 11.6 Å². The van der Waals surface area contributed by atoms with E-state index in [-0.39, 0.29) is 10.8 Å². The molecule has 2 nitrogen and oxygen atoms in total. The summed E-state index contributed by atoms with van der Waals surface area (Å²) < 4.78 is 18.0. The van der Waals surface area contributed by atoms with Crippen LogP contribution in [-0.4, -0.2) is 13.7 Å². The van der Waals surface area contributed by atoms with E-state index in [4.69, 9.17) is 22.1 Å². The number of rotatable bonds is 3. The molecule has 0 saturated carbocycles. The van der Waals surface area contributed by atoms with E-state index in [1.54, 1.807) is 18.2 Å². The van der Waals surface area contributed by atoms with Crippen LogP contribution in [0.4, 0.5) is 4.39 Å². The second kappa shape index (κ2) is 4.98. The van der Waals surface area contributed by atoms with Crippen molar-refractivity contribution in [1.82, 2.24) is 0 Å². The van der Waals surface area contributed by atoms with Gasteiger partial charge < -0.3 is 10.5 Å². The van der Waals surface area contributed by atoms with Crippen LogP contribution in [0.2, 0.25) is 5.02 Å². The lowest BCUT2D eigenvalue weighted by Crippen LogP contribution is -1.93. The predicted molar refractivity (Wildman–Crippen MR) is 56.1 cm³/mol. The fraction of sp³-hybridized carbons (Fsp3) is 0.200. The molecule has 0 fully saturated rings. The van der Waals surface area contributed by atoms with Crippen molar-refractivity contribution in [2.75, 3.05) is 13.7 Å². The largest absolute Gasteiger partial charge is 0.494 e. The molecule has 0 radical (unpaired) electrons. The minimum atomic E-state index is -0.543. The Morgan fingerprint density at radius 2 is 2.29 bits per heavy atom. The van der Waals surface area contributed by atoms with Gasteiger partial charge in [-0.3, -0.25) is 0 Å². The van der Waals surface area contributed by atoms with Gasteiger partial charge in [0.25, 0.3) is 0 Å². The lowest BCUT2D eigenvalue weighted by Gasteiger charge is -2.04. The summed E-state index contributed by atoms with van der Waals surface area (Å²) in [4.78, 5) is 0. The summed E-state index contributed by atoms with van der Waals surface area (Å²) in [5, 5.41) is 0.0426. The van der Waals surface area contributed by atoms with Crippen LogP contribution in [0.15, 0.2) is 18.2 Å². The van der Waals surface area contributed by atoms with E-state index >= 15 is 0 Å². The standard InChI is InChI=1S/C10H11ClFNO/c1-14-9-6-7(3-2-4-13)5-8(11)10(9)12/h2-3,5-6H,4,13H2,1H3/b3-2+. The zero-order valence-corrected chi connectivity index (χ0v) is 8.51. The van der Waals surface area contributed by atoms with E-state index in [0.29, 0.717) is 6.54 Å². The van der Waals surface area contributed by atoms with Gasteiger partial charge in [-0.1, -0.05) is 23.8 Å². The molecule has 0 bridgehead atoms. The minimum Gasteiger partial charge on any atom is -0.494 e. The topological polar surface area (TPSA) is 35.2 Å². The first-order valence-electron chi connectivity index (χ1n) is 4.08. The predicted octanol–water partition coefficient (Wildman–Crippen LogP) is 2.46. The van der Waals surface area contributed by atoms with Crippen molar-refractivity contribution >= 4 is 17.7 Å². The van der Waals surface area contributed by atoms with E-state index in [9.17, 15) is 4.39 Å². The first kappa shape index (κ1) is 11.0. The van der Waals surface area contributed by atoms with Gasteiger partial charge in [0.05, 0.1) is 12.1 Å². The second-order valence-corrected chi connectivity index (χ2v) is 3.06. The average molecular weight is 216 g/mol. The molecule has 0 spiro atoms. The van der Waals surface area contributed by atoms with Crippen molar-refractivity contribution in [2.45, 2.75) is 0 Å². The van der Waals surface area contributed by atoms with Crippen molar-refractivity contribution in [2.24, 2.45) is 5.73 Å². The monoisotopic (exact) mass is 215 g/mol. The Morgan fingerprint density at radius 1 is 1.57 bits per heavy atom. The van der Waals surface area contributed by atoms with Crippen molar-refractivity contribution in [3.63, 3.8) is 0 Å². The molecule has 0 aliphatic carbocycles. The van der Waals surface area contributed by atoms with E-state index < -0.39 is 5.82 Å². The summed E-state index contributed by atoms with van der Waals surface area (Å²) >= 11 is 5.66. The Kier molecular flexibility index (Phi) is 3.92. The Hall–Kier alpha value is -1.06. The van der Waals surface area contributed by atoms with E-state index in [0.717, 1.165) is 5.56 Å². The first-order valence-corrected chi connectivity index (χ1v) is 4.46. The second-order valence-electron chi connectivity index (χ2n) is 2.66. The summed E-state index contributed by atoms with van der Waals surface area (Å²) in [5.41, 5.74) is 6.05. The number of nitrogens with two attached hydrogens (primary N) is 1. The zero-order valence-electron chi connectivity index (χ0n) is 7.76. The van der Waals surface area contributed by atoms with Crippen LogP contribution in [0.1, 0.15) is 5.56 Å². The molecule has 0 aromatic heterocycles. The molecule has 1 rings (SSSR count). The molecule has 1 aromatic carbocycles. The molecule has 0 heterocycles. The highest BCUT2D eigenvalue weighted by Gasteiger charge is 2.07. The average Bonchev–Trinajstić information content (AvgIpc) is 2.19. The molecule has 0 atom stereocenters. The molecule has 76 valence electrons. The molecule has 0 amide bonds. The van der Waals surface area contributed by atoms with Crippen molar-refractivity contribution in [3.05, 3.63) is 34.6 Å². The molecule has 0 unspecified atom stereocenters. The van der Waals surface area contributed by atoms with Gasteiger partial charge in [-0.15, -0.1) is 0 Å². The van der Waals surface area contributed by atoms with Crippen LogP contribution in [0.3, 0.4) is 0 Å². The SMILES string of the molecule is COc1cc(/C=C/CN)cc(Cl)c1F. The Morgan fingerprint density at radius 3 is 2.86 bits per heavy atom. The molecule has 0 aliphatic rings. The van der Waals surface area contributed by atoms with Gasteiger partial charge in [-0.05, 0) is 17.7 Å². The van der Waals surface area contributed by atoms with Gasteiger partial charge in [0.15, 0.2) is 11.6 Å². The molecule has 0 aliphatic heterocycles. The summed E-state index contributed by atoms with van der Waals surface area (Å²) in [7, 11) is 1.39. The van der Waals surface area contributed by atoms with Crippen LogP contribution < -0.4 is 10.5 Å². The maximum Gasteiger partial charge on any atom is 0.183 e. The normalized spacial score (nSPS) is 10.9. The Bertz CT molecular complexity index is 352. The fourth-order valence-electron chi connectivity index (χ4n) is 1.03. The summed E-state index contributed by atoms with van der Waals surface area (Å²) in [6, 6.07) is 3.08. The lowest BCUT2D eigenvalue weighted by atomic mass is 10.2. The van der Waals surface area contributed by atoms with E-state index in [2.05, 4.69) is 0 Å². The van der Waals surface area contributed by atoms with Crippen LogP contribution in [0.25, 0.3) is 6.08 Å². The van der Waals surface area contributed by atoms with Crippen LogP contribution in [-0.2, 0) is 0 Å². The quantitative estimate of drug-likeness (QED) is 0.841. The lowest BCUT2D eigenvalue weighted by molar-refractivity contribution is 0.386. The smallest absolute Gasteiger partial charge is 0.183 e. The fourth-order valence-corrected chi connectivity index (χ4v) is 1.25. The molecule has 2 N–H and O–H groups in total. The van der Waals surface area contributed by atoms with E-state index in [1.165, 1.54) is 13.2 Å². The number of benzene rings is 1. The third kappa shape index (κ3) is 2.47. The number of halogens is 2. The van der Waals surface area contributed by atoms with Crippen molar-refractivity contribution in [3.8, 4) is 5.75 Å². The highest BCUT2D eigenvalue weighted by Crippen LogP contribution is 2.26. The van der Waals surface area contributed by atoms with Gasteiger partial charge in [-0.25, -0.2) is 4.39 Å². The number of hydrogen-bond acceptors (Lipinski definition) is 2. The summed E-state index contributed by atoms with van der Waals surface area (Å²) in [6.07, 6.45) is 3.51. The maximum absolute atomic E-state index is 13.2. The molecular weight excluding hydrogens is 205 g/mol. The van der Waals surface area contributed by atoms with Crippen LogP contribution in [0, 0.1) is 5.82 Å². The molecule has 1 aromatic rings. The van der Waals surface area contributed by atoms with Gasteiger partial charge in [0.1, 0.15) is 0 Å².